The highest BCUT2D eigenvalue weighted by atomic mass is 35.5. The minimum atomic E-state index is -3.37. The molecule has 6 nitrogen and oxygen atoms in total. The van der Waals surface area contributed by atoms with Crippen LogP contribution >= 0.6 is 35.3 Å². The van der Waals surface area contributed by atoms with Crippen LogP contribution in [0.3, 0.4) is 0 Å². The van der Waals surface area contributed by atoms with Crippen molar-refractivity contribution in [1.29, 1.82) is 0 Å². The Morgan fingerprint density at radius 1 is 1.20 bits per heavy atom. The first-order valence-electron chi connectivity index (χ1n) is 8.59. The van der Waals surface area contributed by atoms with Crippen LogP contribution in [0.25, 0.3) is 10.2 Å². The van der Waals surface area contributed by atoms with Crippen LogP contribution in [0.5, 0.6) is 0 Å². The van der Waals surface area contributed by atoms with Crippen molar-refractivity contribution in [2.24, 2.45) is 0 Å². The Bertz CT molecular complexity index is 1160. The summed E-state index contributed by atoms with van der Waals surface area (Å²) in [6, 6.07) is 8.66. The normalized spacial score (nSPS) is 11.5. The van der Waals surface area contributed by atoms with Crippen molar-refractivity contribution in [2.45, 2.75) is 4.90 Å². The van der Waals surface area contributed by atoms with Gasteiger partial charge in [-0.1, -0.05) is 29.0 Å². The molecule has 0 aliphatic rings. The molecule has 0 aliphatic heterocycles. The van der Waals surface area contributed by atoms with Crippen molar-refractivity contribution in [2.75, 3.05) is 38.3 Å². The first-order chi connectivity index (χ1) is 13.6. The maximum Gasteiger partial charge on any atom is 0.264 e. The largest absolute Gasteiger partial charge is 0.308 e. The molecule has 0 radical (unpaired) electrons. The summed E-state index contributed by atoms with van der Waals surface area (Å²) in [7, 11) is 0.341. The van der Waals surface area contributed by atoms with Gasteiger partial charge in [0.15, 0.2) is 15.0 Å². The van der Waals surface area contributed by atoms with Crippen molar-refractivity contribution in [1.82, 2.24) is 9.88 Å². The number of sulfone groups is 1. The van der Waals surface area contributed by atoms with Crippen LogP contribution in [0.15, 0.2) is 41.3 Å². The third-order valence-corrected chi connectivity index (χ3v) is 6.67. The van der Waals surface area contributed by atoms with E-state index in [4.69, 9.17) is 11.6 Å². The Balaban J connectivity index is 0.00000320. The number of aromatic nitrogens is 1. The molecule has 162 valence electrons. The lowest BCUT2D eigenvalue weighted by Crippen LogP contribution is -2.37. The summed E-state index contributed by atoms with van der Waals surface area (Å²) >= 11 is 7.25. The fraction of sp³-hybridized carbons (Fsp3) is 0.263. The maximum atomic E-state index is 14.3. The summed E-state index contributed by atoms with van der Waals surface area (Å²) in [5.74, 6) is -1.31. The van der Waals surface area contributed by atoms with Gasteiger partial charge in [-0.3, -0.25) is 9.69 Å². The molecular formula is C19H20Cl2FN3O3S2. The number of fused-ring (bicyclic) bond motifs is 1. The Morgan fingerprint density at radius 2 is 1.90 bits per heavy atom. The molecule has 11 heteroatoms. The molecule has 30 heavy (non-hydrogen) atoms. The number of hydrogen-bond acceptors (Lipinski definition) is 6. The van der Waals surface area contributed by atoms with Gasteiger partial charge >= 0.3 is 0 Å². The van der Waals surface area contributed by atoms with Gasteiger partial charge in [0.05, 0.1) is 25.7 Å². The van der Waals surface area contributed by atoms with E-state index in [1.165, 1.54) is 46.6 Å². The molecule has 1 amide bonds. The third-order valence-electron chi connectivity index (χ3n) is 4.20. The summed E-state index contributed by atoms with van der Waals surface area (Å²) in [4.78, 5) is 21.0. The Hall–Kier alpha value is -1.78. The summed E-state index contributed by atoms with van der Waals surface area (Å²) < 4.78 is 38.6. The fourth-order valence-corrected chi connectivity index (χ4v) is 4.65. The molecule has 0 aliphatic carbocycles. The van der Waals surface area contributed by atoms with Gasteiger partial charge < -0.3 is 4.90 Å². The number of amides is 1. The second-order valence-electron chi connectivity index (χ2n) is 6.75. The molecule has 2 aromatic carbocycles. The van der Waals surface area contributed by atoms with Crippen LogP contribution in [-0.2, 0) is 9.84 Å². The number of carbonyl (C=O) groups excluding carboxylic acids is 1. The lowest BCUT2D eigenvalue weighted by atomic mass is 10.2. The van der Waals surface area contributed by atoms with E-state index in [0.29, 0.717) is 21.9 Å². The maximum absolute atomic E-state index is 14.3. The van der Waals surface area contributed by atoms with Crippen LogP contribution in [-0.4, -0.2) is 57.6 Å². The van der Waals surface area contributed by atoms with E-state index in [-0.39, 0.29) is 34.4 Å². The van der Waals surface area contributed by atoms with Gasteiger partial charge in [-0.2, -0.15) is 0 Å². The van der Waals surface area contributed by atoms with E-state index >= 15 is 0 Å². The van der Waals surface area contributed by atoms with E-state index < -0.39 is 21.6 Å². The van der Waals surface area contributed by atoms with Gasteiger partial charge in [0.1, 0.15) is 5.82 Å². The molecule has 0 fully saturated rings. The molecular weight excluding hydrogens is 472 g/mol. The highest BCUT2D eigenvalue weighted by Gasteiger charge is 2.26. The van der Waals surface area contributed by atoms with Gasteiger partial charge in [0.2, 0.25) is 0 Å². The number of thiazole rings is 1. The lowest BCUT2D eigenvalue weighted by molar-refractivity contribution is 0.0981. The molecule has 1 heterocycles. The lowest BCUT2D eigenvalue weighted by Gasteiger charge is -2.22. The van der Waals surface area contributed by atoms with Gasteiger partial charge in [-0.25, -0.2) is 17.8 Å². The van der Waals surface area contributed by atoms with E-state index in [0.717, 1.165) is 6.26 Å². The first-order valence-corrected chi connectivity index (χ1v) is 11.7. The van der Waals surface area contributed by atoms with Crippen LogP contribution in [0, 0.1) is 5.82 Å². The topological polar surface area (TPSA) is 70.6 Å². The number of hydrogen-bond donors (Lipinski definition) is 0. The monoisotopic (exact) mass is 491 g/mol. The van der Waals surface area contributed by atoms with Gasteiger partial charge in [-0.05, 0) is 44.4 Å². The van der Waals surface area contributed by atoms with Crippen molar-refractivity contribution in [3.8, 4) is 0 Å². The Labute approximate surface area is 189 Å². The minimum absolute atomic E-state index is 0. The van der Waals surface area contributed by atoms with Crippen molar-refractivity contribution < 1.29 is 17.6 Å². The van der Waals surface area contributed by atoms with Gasteiger partial charge in [0, 0.05) is 19.3 Å². The zero-order chi connectivity index (χ0) is 21.3. The second-order valence-corrected chi connectivity index (χ2v) is 10.2. The molecule has 0 saturated carbocycles. The summed E-state index contributed by atoms with van der Waals surface area (Å²) in [5, 5.41) is 0.363. The molecule has 3 rings (SSSR count). The number of likely N-dealkylation sites (N-methyl/N-ethyl adjacent to an activating group) is 1. The average Bonchev–Trinajstić information content (AvgIpc) is 3.03. The van der Waals surface area contributed by atoms with E-state index in [9.17, 15) is 17.6 Å². The predicted octanol–water partition coefficient (Wildman–Crippen LogP) is 4.12. The highest BCUT2D eigenvalue weighted by molar-refractivity contribution is 7.90. The Kier molecular flexibility index (Phi) is 7.81. The van der Waals surface area contributed by atoms with Crippen molar-refractivity contribution in [3.63, 3.8) is 0 Å². The summed E-state index contributed by atoms with van der Waals surface area (Å²) in [5.41, 5.74) is 0.337. The third kappa shape index (κ3) is 5.28. The van der Waals surface area contributed by atoms with Gasteiger partial charge in [-0.15, -0.1) is 12.4 Å². The zero-order valence-corrected chi connectivity index (χ0v) is 19.6. The SMILES string of the molecule is CN(C)CCN(C(=O)c1c(F)cccc1Cl)c1nc2ccc(S(C)(=O)=O)cc2s1.Cl. The first kappa shape index (κ1) is 24.5. The van der Waals surface area contributed by atoms with E-state index in [1.54, 1.807) is 6.07 Å². The minimum Gasteiger partial charge on any atom is -0.308 e. The van der Waals surface area contributed by atoms with Gasteiger partial charge in [0.25, 0.3) is 5.91 Å². The Morgan fingerprint density at radius 3 is 2.50 bits per heavy atom. The average molecular weight is 492 g/mol. The number of carbonyl (C=O) groups is 1. The number of halogens is 3. The van der Waals surface area contributed by atoms with Crippen LogP contribution in [0.1, 0.15) is 10.4 Å². The summed E-state index contributed by atoms with van der Waals surface area (Å²) in [6.07, 6.45) is 1.13. The standard InChI is InChI=1S/C19H19ClFN3O3S2.ClH/c1-23(2)9-10-24(18(25)17-13(20)5-4-6-14(17)21)19-22-15-8-7-12(29(3,26)27)11-16(15)28-19;/h4-8,11H,9-10H2,1-3H3;1H. The molecule has 0 N–H and O–H groups in total. The van der Waals surface area contributed by atoms with Crippen LogP contribution in [0.4, 0.5) is 9.52 Å². The predicted molar refractivity (Wildman–Crippen MR) is 122 cm³/mol. The van der Waals surface area contributed by atoms with E-state index in [1.807, 2.05) is 19.0 Å². The number of rotatable bonds is 6. The summed E-state index contributed by atoms with van der Waals surface area (Å²) in [6.45, 7) is 0.775. The molecule has 1 aromatic heterocycles. The molecule has 0 unspecified atom stereocenters. The smallest absolute Gasteiger partial charge is 0.264 e. The van der Waals surface area contributed by atoms with Crippen molar-refractivity contribution in [3.05, 3.63) is 52.8 Å². The highest BCUT2D eigenvalue weighted by Crippen LogP contribution is 2.32. The molecule has 0 spiro atoms. The van der Waals surface area contributed by atoms with Crippen molar-refractivity contribution >= 4 is 66.4 Å². The molecule has 0 saturated heterocycles. The molecule has 0 atom stereocenters. The molecule has 0 bridgehead atoms. The quantitative estimate of drug-likeness (QED) is 0.518. The number of anilines is 1. The molecule has 3 aromatic rings. The van der Waals surface area contributed by atoms with Crippen LogP contribution in [0.2, 0.25) is 5.02 Å². The number of nitrogens with zero attached hydrogens (tertiary/aromatic N) is 3. The number of benzene rings is 2. The second kappa shape index (κ2) is 9.57. The zero-order valence-electron chi connectivity index (χ0n) is 16.4. The van der Waals surface area contributed by atoms with Crippen LogP contribution < -0.4 is 4.90 Å². The fourth-order valence-electron chi connectivity index (χ4n) is 2.66. The van der Waals surface area contributed by atoms with E-state index in [2.05, 4.69) is 4.98 Å².